The third-order valence-electron chi connectivity index (χ3n) is 3.56. The van der Waals surface area contributed by atoms with Gasteiger partial charge in [0, 0.05) is 5.56 Å². The topological polar surface area (TPSA) is 68.0 Å². The van der Waals surface area contributed by atoms with Gasteiger partial charge < -0.3 is 9.73 Å². The molecule has 0 unspecified atom stereocenters. The Kier molecular flexibility index (Phi) is 5.50. The van der Waals surface area contributed by atoms with Gasteiger partial charge in [0.15, 0.2) is 0 Å². The molecule has 1 N–H and O–H groups in total. The summed E-state index contributed by atoms with van der Waals surface area (Å²) in [6.07, 6.45) is -4.56. The van der Waals surface area contributed by atoms with Crippen molar-refractivity contribution < 1.29 is 22.4 Å². The van der Waals surface area contributed by atoms with E-state index in [4.69, 9.17) is 4.42 Å². The van der Waals surface area contributed by atoms with Crippen molar-refractivity contribution in [2.45, 2.75) is 23.6 Å². The number of aromatic nitrogens is 2. The average molecular weight is 393 g/mol. The second-order valence-electron chi connectivity index (χ2n) is 5.53. The van der Waals surface area contributed by atoms with Crippen molar-refractivity contribution in [1.29, 1.82) is 0 Å². The monoisotopic (exact) mass is 393 g/mol. The number of nitrogens with one attached hydrogen (secondary N) is 1. The van der Waals surface area contributed by atoms with Gasteiger partial charge in [-0.15, -0.1) is 10.2 Å². The molecule has 0 bridgehead atoms. The first kappa shape index (κ1) is 19.0. The number of thioether (sulfide) groups is 1. The lowest BCUT2D eigenvalue weighted by Crippen LogP contribution is -2.24. The van der Waals surface area contributed by atoms with Crippen LogP contribution in [0, 0.1) is 0 Å². The molecule has 0 aliphatic carbocycles. The summed E-state index contributed by atoms with van der Waals surface area (Å²) in [6, 6.07) is 13.9. The lowest BCUT2D eigenvalue weighted by atomic mass is 10.1. The summed E-state index contributed by atoms with van der Waals surface area (Å²) >= 11 is 0.966. The van der Waals surface area contributed by atoms with E-state index < -0.39 is 22.9 Å². The van der Waals surface area contributed by atoms with Gasteiger partial charge in [-0.2, -0.15) is 13.2 Å². The van der Waals surface area contributed by atoms with Gasteiger partial charge in [0.2, 0.25) is 11.8 Å². The quantitative estimate of drug-likeness (QED) is 0.626. The highest BCUT2D eigenvalue weighted by atomic mass is 32.2. The highest BCUT2D eigenvalue weighted by Gasteiger charge is 2.34. The zero-order chi connectivity index (χ0) is 19.4. The number of carbonyl (C=O) groups excluding carboxylic acids is 1. The van der Waals surface area contributed by atoms with Crippen LogP contribution in [0.15, 0.2) is 64.2 Å². The fourth-order valence-electron chi connectivity index (χ4n) is 2.23. The maximum atomic E-state index is 13.0. The van der Waals surface area contributed by atoms with Crippen LogP contribution in [0.5, 0.6) is 0 Å². The Balaban J connectivity index is 1.68. The van der Waals surface area contributed by atoms with E-state index in [1.54, 1.807) is 19.1 Å². The number of hydrogen-bond donors (Lipinski definition) is 1. The minimum absolute atomic E-state index is 0.153. The van der Waals surface area contributed by atoms with Gasteiger partial charge >= 0.3 is 6.18 Å². The van der Waals surface area contributed by atoms with Gasteiger partial charge in [-0.05, 0) is 31.2 Å². The molecular weight excluding hydrogens is 379 g/mol. The van der Waals surface area contributed by atoms with Crippen molar-refractivity contribution in [3.63, 3.8) is 0 Å². The minimum atomic E-state index is -4.56. The molecule has 3 rings (SSSR count). The molecule has 1 amide bonds. The van der Waals surface area contributed by atoms with Crippen molar-refractivity contribution in [2.24, 2.45) is 0 Å². The molecule has 0 saturated carbocycles. The first-order chi connectivity index (χ1) is 12.8. The fourth-order valence-corrected chi connectivity index (χ4v) is 2.92. The summed E-state index contributed by atoms with van der Waals surface area (Å²) < 4.78 is 44.6. The number of carbonyl (C=O) groups is 1. The van der Waals surface area contributed by atoms with E-state index in [9.17, 15) is 18.0 Å². The summed E-state index contributed by atoms with van der Waals surface area (Å²) in [4.78, 5) is 12.3. The van der Waals surface area contributed by atoms with Crippen LogP contribution in [0.3, 0.4) is 0 Å². The smallest absolute Gasteiger partial charge is 0.411 e. The van der Waals surface area contributed by atoms with Crippen LogP contribution in [0.1, 0.15) is 12.5 Å². The van der Waals surface area contributed by atoms with E-state index in [1.807, 2.05) is 18.2 Å². The second kappa shape index (κ2) is 7.83. The maximum absolute atomic E-state index is 13.0. The molecule has 2 aromatic carbocycles. The number of amides is 1. The summed E-state index contributed by atoms with van der Waals surface area (Å²) in [5, 5.41) is 9.50. The molecule has 0 aliphatic heterocycles. The molecule has 27 heavy (non-hydrogen) atoms. The number of rotatable bonds is 5. The molecule has 9 heteroatoms. The number of hydrogen-bond acceptors (Lipinski definition) is 5. The van der Waals surface area contributed by atoms with Crippen LogP contribution in [0.4, 0.5) is 18.9 Å². The highest BCUT2D eigenvalue weighted by Crippen LogP contribution is 2.35. The predicted molar refractivity (Wildman–Crippen MR) is 95.1 cm³/mol. The molecule has 1 atom stereocenters. The van der Waals surface area contributed by atoms with Crippen LogP contribution in [0.25, 0.3) is 11.5 Å². The number of alkyl halides is 3. The van der Waals surface area contributed by atoms with Crippen molar-refractivity contribution >= 4 is 23.4 Å². The third kappa shape index (κ3) is 4.68. The molecular formula is C18H14F3N3O2S. The summed E-state index contributed by atoms with van der Waals surface area (Å²) in [6.45, 7) is 1.54. The zero-order valence-corrected chi connectivity index (χ0v) is 14.8. The van der Waals surface area contributed by atoms with Gasteiger partial charge in [-0.3, -0.25) is 4.79 Å². The van der Waals surface area contributed by atoms with Crippen molar-refractivity contribution in [2.75, 3.05) is 5.32 Å². The Morgan fingerprint density at radius 3 is 2.44 bits per heavy atom. The largest absolute Gasteiger partial charge is 0.418 e. The summed E-state index contributed by atoms with van der Waals surface area (Å²) in [5.74, 6) is -0.302. The maximum Gasteiger partial charge on any atom is 0.418 e. The Bertz CT molecular complexity index is 929. The zero-order valence-electron chi connectivity index (χ0n) is 14.0. The number of para-hydroxylation sites is 1. The second-order valence-corrected chi connectivity index (χ2v) is 6.82. The number of anilines is 1. The molecule has 3 aromatic rings. The van der Waals surface area contributed by atoms with Gasteiger partial charge in [0.1, 0.15) is 0 Å². The van der Waals surface area contributed by atoms with Gasteiger partial charge in [-0.1, -0.05) is 42.1 Å². The van der Waals surface area contributed by atoms with E-state index in [1.165, 1.54) is 18.2 Å². The van der Waals surface area contributed by atoms with Crippen LogP contribution in [-0.4, -0.2) is 21.4 Å². The van der Waals surface area contributed by atoms with Crippen LogP contribution in [-0.2, 0) is 11.0 Å². The molecule has 0 fully saturated rings. The number of halogens is 3. The number of nitrogens with zero attached hydrogens (tertiary/aromatic N) is 2. The van der Waals surface area contributed by atoms with E-state index in [0.717, 1.165) is 23.4 Å². The van der Waals surface area contributed by atoms with E-state index in [2.05, 4.69) is 15.5 Å². The van der Waals surface area contributed by atoms with Crippen molar-refractivity contribution in [3.05, 3.63) is 60.2 Å². The molecule has 0 aliphatic rings. The van der Waals surface area contributed by atoms with Crippen molar-refractivity contribution in [1.82, 2.24) is 10.2 Å². The minimum Gasteiger partial charge on any atom is -0.411 e. The highest BCUT2D eigenvalue weighted by molar-refractivity contribution is 8.00. The first-order valence-electron chi connectivity index (χ1n) is 7.87. The average Bonchev–Trinajstić information content (AvgIpc) is 3.10. The third-order valence-corrected chi connectivity index (χ3v) is 4.50. The van der Waals surface area contributed by atoms with E-state index >= 15 is 0 Å². The van der Waals surface area contributed by atoms with E-state index in [-0.39, 0.29) is 10.9 Å². The summed E-state index contributed by atoms with van der Waals surface area (Å²) in [5.41, 5.74) is -0.467. The van der Waals surface area contributed by atoms with Crippen LogP contribution < -0.4 is 5.32 Å². The predicted octanol–water partition coefficient (Wildman–Crippen LogP) is 4.87. The van der Waals surface area contributed by atoms with Gasteiger partial charge in [-0.25, -0.2) is 0 Å². The molecule has 1 aromatic heterocycles. The number of benzene rings is 2. The molecule has 140 valence electrons. The Labute approximate surface area is 157 Å². The lowest BCUT2D eigenvalue weighted by molar-refractivity contribution is -0.137. The molecule has 5 nitrogen and oxygen atoms in total. The fraction of sp³-hybridized carbons (Fsp3) is 0.167. The standard InChI is InChI=1S/C18H14F3N3O2S/c1-11(15(25)22-14-10-6-5-9-13(14)18(19,20)21)27-17-24-23-16(26-17)12-7-3-2-4-8-12/h2-11H,1H3,(H,22,25)/t11-/m1/s1. The summed E-state index contributed by atoms with van der Waals surface area (Å²) in [7, 11) is 0. The molecule has 0 spiro atoms. The first-order valence-corrected chi connectivity index (χ1v) is 8.75. The lowest BCUT2D eigenvalue weighted by Gasteiger charge is -2.15. The Hall–Kier alpha value is -2.81. The molecule has 1 heterocycles. The van der Waals surface area contributed by atoms with Crippen molar-refractivity contribution in [3.8, 4) is 11.5 Å². The van der Waals surface area contributed by atoms with Crippen LogP contribution >= 0.6 is 11.8 Å². The Morgan fingerprint density at radius 2 is 1.74 bits per heavy atom. The SMILES string of the molecule is C[C@@H](Sc1nnc(-c2ccccc2)o1)C(=O)Nc1ccccc1C(F)(F)F. The Morgan fingerprint density at radius 1 is 1.07 bits per heavy atom. The molecule has 0 saturated heterocycles. The van der Waals surface area contributed by atoms with Gasteiger partial charge in [0.25, 0.3) is 5.22 Å². The van der Waals surface area contributed by atoms with Crippen LogP contribution in [0.2, 0.25) is 0 Å². The van der Waals surface area contributed by atoms with E-state index in [0.29, 0.717) is 5.89 Å². The normalized spacial score (nSPS) is 12.6. The molecule has 0 radical (unpaired) electrons. The van der Waals surface area contributed by atoms with Gasteiger partial charge in [0.05, 0.1) is 16.5 Å².